The molecule has 3 aromatic rings. The van der Waals surface area contributed by atoms with Gasteiger partial charge in [-0.2, -0.15) is 9.36 Å². The van der Waals surface area contributed by atoms with Crippen LogP contribution in [-0.2, 0) is 17.8 Å². The van der Waals surface area contributed by atoms with Crippen molar-refractivity contribution < 1.29 is 4.79 Å². The summed E-state index contributed by atoms with van der Waals surface area (Å²) in [6, 6.07) is 14.7. The van der Waals surface area contributed by atoms with Crippen LogP contribution in [0.4, 0.5) is 5.69 Å². The van der Waals surface area contributed by atoms with Gasteiger partial charge >= 0.3 is 5.69 Å². The van der Waals surface area contributed by atoms with Crippen molar-refractivity contribution in [3.8, 4) is 5.69 Å². The van der Waals surface area contributed by atoms with Crippen LogP contribution < -0.4 is 10.6 Å². The third-order valence-electron chi connectivity index (χ3n) is 4.48. The van der Waals surface area contributed by atoms with E-state index in [9.17, 15) is 9.59 Å². The Bertz CT molecular complexity index is 1040. The van der Waals surface area contributed by atoms with Gasteiger partial charge in [0.2, 0.25) is 5.91 Å². The fourth-order valence-corrected chi connectivity index (χ4v) is 3.51. The van der Waals surface area contributed by atoms with Gasteiger partial charge in [-0.15, -0.1) is 0 Å². The van der Waals surface area contributed by atoms with Crippen molar-refractivity contribution in [1.82, 2.24) is 19.8 Å². The molecule has 0 saturated heterocycles. The maximum absolute atomic E-state index is 12.8. The molecule has 0 N–H and O–H groups in total. The Morgan fingerprint density at radius 2 is 1.81 bits per heavy atom. The molecular formula is C18H16ClN5O2. The van der Waals surface area contributed by atoms with Crippen LogP contribution in [-0.4, -0.2) is 31.7 Å². The lowest BCUT2D eigenvalue weighted by Gasteiger charge is -2.22. The Morgan fingerprint density at radius 1 is 1.12 bits per heavy atom. The normalized spacial score (nSPS) is 15.9. The number of anilines is 1. The number of nitrogens with zero attached hydrogens (tertiary/aromatic N) is 5. The van der Waals surface area contributed by atoms with E-state index >= 15 is 0 Å². The Kier molecular flexibility index (Phi) is 4.08. The number of rotatable bonds is 3. The molecule has 0 spiro atoms. The van der Waals surface area contributed by atoms with E-state index in [1.165, 1.54) is 0 Å². The molecule has 1 amide bonds. The molecule has 0 fully saturated rings. The summed E-state index contributed by atoms with van der Waals surface area (Å²) in [5, 5.41) is 8.07. The number of para-hydroxylation sites is 2. The monoisotopic (exact) mass is 369 g/mol. The molecule has 7 nitrogen and oxygen atoms in total. The summed E-state index contributed by atoms with van der Waals surface area (Å²) in [5.41, 5.74) is 1.93. The number of carbonyl (C=O) groups is 1. The van der Waals surface area contributed by atoms with E-state index in [-0.39, 0.29) is 18.5 Å². The first-order valence-corrected chi connectivity index (χ1v) is 8.62. The van der Waals surface area contributed by atoms with Crippen molar-refractivity contribution in [3.63, 3.8) is 0 Å². The summed E-state index contributed by atoms with van der Waals surface area (Å²) in [6.45, 7) is 1.81. The molecule has 1 aliphatic heterocycles. The second-order valence-electron chi connectivity index (χ2n) is 6.23. The van der Waals surface area contributed by atoms with Gasteiger partial charge in [0.05, 0.1) is 10.7 Å². The number of halogens is 1. The highest BCUT2D eigenvalue weighted by Crippen LogP contribution is 2.31. The van der Waals surface area contributed by atoms with Crippen LogP contribution in [0, 0.1) is 0 Å². The summed E-state index contributed by atoms with van der Waals surface area (Å²) in [7, 11) is 0. The van der Waals surface area contributed by atoms with Gasteiger partial charge in [-0.25, -0.2) is 4.79 Å². The molecule has 0 unspecified atom stereocenters. The Morgan fingerprint density at radius 3 is 2.58 bits per heavy atom. The lowest BCUT2D eigenvalue weighted by molar-refractivity contribution is -0.119. The quantitative estimate of drug-likeness (QED) is 0.708. The first kappa shape index (κ1) is 16.5. The summed E-state index contributed by atoms with van der Waals surface area (Å²) in [4.78, 5) is 27.1. The molecule has 0 saturated carbocycles. The smallest absolute Gasteiger partial charge is 0.307 e. The van der Waals surface area contributed by atoms with Crippen molar-refractivity contribution in [2.24, 2.45) is 0 Å². The molecule has 2 heterocycles. The maximum Gasteiger partial charge on any atom is 0.369 e. The minimum atomic E-state index is -0.508. The number of tetrazole rings is 1. The molecule has 0 radical (unpaired) electrons. The third kappa shape index (κ3) is 2.70. The molecule has 8 heteroatoms. The first-order chi connectivity index (χ1) is 12.6. The summed E-state index contributed by atoms with van der Waals surface area (Å²) in [5.74, 6) is -0.198. The predicted molar refractivity (Wildman–Crippen MR) is 97.7 cm³/mol. The van der Waals surface area contributed by atoms with E-state index in [0.29, 0.717) is 10.7 Å². The molecule has 0 aliphatic carbocycles. The Balaban J connectivity index is 1.62. The molecule has 2 aromatic carbocycles. The summed E-state index contributed by atoms with van der Waals surface area (Å²) < 4.78 is 2.15. The molecular weight excluding hydrogens is 354 g/mol. The average molecular weight is 370 g/mol. The number of aromatic nitrogens is 4. The molecule has 26 heavy (non-hydrogen) atoms. The lowest BCUT2D eigenvalue weighted by atomic mass is 10.1. The highest BCUT2D eigenvalue weighted by molar-refractivity contribution is 6.32. The zero-order chi connectivity index (χ0) is 18.3. The number of amides is 1. The van der Waals surface area contributed by atoms with E-state index < -0.39 is 5.69 Å². The second kappa shape index (κ2) is 6.42. The van der Waals surface area contributed by atoms with Crippen LogP contribution in [0.1, 0.15) is 12.5 Å². The second-order valence-corrected chi connectivity index (χ2v) is 6.64. The largest absolute Gasteiger partial charge is 0.369 e. The maximum atomic E-state index is 12.8. The third-order valence-corrected chi connectivity index (χ3v) is 4.80. The van der Waals surface area contributed by atoms with Gasteiger partial charge in [-0.1, -0.05) is 41.9 Å². The predicted octanol–water partition coefficient (Wildman–Crippen LogP) is 2.06. The molecule has 132 valence electrons. The number of hydrogen-bond donors (Lipinski definition) is 0. The van der Waals surface area contributed by atoms with Crippen molar-refractivity contribution in [1.29, 1.82) is 0 Å². The fraction of sp³-hybridized carbons (Fsp3) is 0.222. The van der Waals surface area contributed by atoms with Crippen LogP contribution in [0.5, 0.6) is 0 Å². The Hall–Kier alpha value is -2.93. The fourth-order valence-electron chi connectivity index (χ4n) is 3.30. The average Bonchev–Trinajstić information content (AvgIpc) is 3.15. The van der Waals surface area contributed by atoms with Gasteiger partial charge in [0.1, 0.15) is 6.54 Å². The standard InChI is InChI=1S/C18H16ClN5O2/c1-12-10-13-6-2-4-8-15(13)23(12)17(25)11-22-18(26)24(21-20-22)16-9-5-3-7-14(16)19/h2-9,12H,10-11H2,1H3/t12-/m0/s1. The minimum absolute atomic E-state index is 0.0363. The van der Waals surface area contributed by atoms with E-state index in [0.717, 1.165) is 27.0 Å². The van der Waals surface area contributed by atoms with Gasteiger partial charge in [-0.3, -0.25) is 4.79 Å². The van der Waals surface area contributed by atoms with Crippen LogP contribution in [0.25, 0.3) is 5.69 Å². The minimum Gasteiger partial charge on any atom is -0.307 e. The van der Waals surface area contributed by atoms with Crippen molar-refractivity contribution in [2.75, 3.05) is 4.90 Å². The molecule has 1 aromatic heterocycles. The van der Waals surface area contributed by atoms with Gasteiger partial charge in [-0.05, 0) is 47.5 Å². The van der Waals surface area contributed by atoms with Crippen molar-refractivity contribution in [2.45, 2.75) is 25.9 Å². The SMILES string of the molecule is C[C@H]1Cc2ccccc2N1C(=O)Cn1nnn(-c2ccccc2Cl)c1=O. The van der Waals surface area contributed by atoms with Gasteiger partial charge in [0, 0.05) is 11.7 Å². The molecule has 0 bridgehead atoms. The van der Waals surface area contributed by atoms with Crippen LogP contribution >= 0.6 is 11.6 Å². The Labute approximate surface area is 154 Å². The summed E-state index contributed by atoms with van der Waals surface area (Å²) >= 11 is 6.11. The number of benzene rings is 2. The van der Waals surface area contributed by atoms with Crippen LogP contribution in [0.15, 0.2) is 53.3 Å². The van der Waals surface area contributed by atoms with Gasteiger partial charge in [0.15, 0.2) is 0 Å². The van der Waals surface area contributed by atoms with E-state index in [4.69, 9.17) is 11.6 Å². The van der Waals surface area contributed by atoms with Crippen LogP contribution in [0.2, 0.25) is 5.02 Å². The topological polar surface area (TPSA) is 73.0 Å². The number of hydrogen-bond acceptors (Lipinski definition) is 4. The number of fused-ring (bicyclic) bond motifs is 1. The van der Waals surface area contributed by atoms with Crippen molar-refractivity contribution >= 4 is 23.2 Å². The van der Waals surface area contributed by atoms with Crippen LogP contribution in [0.3, 0.4) is 0 Å². The van der Waals surface area contributed by atoms with E-state index in [1.807, 2.05) is 31.2 Å². The zero-order valence-corrected chi connectivity index (χ0v) is 14.8. The summed E-state index contributed by atoms with van der Waals surface area (Å²) in [6.07, 6.45) is 0.795. The molecule has 4 rings (SSSR count). The van der Waals surface area contributed by atoms with E-state index in [2.05, 4.69) is 10.4 Å². The van der Waals surface area contributed by atoms with Gasteiger partial charge in [0.25, 0.3) is 0 Å². The highest BCUT2D eigenvalue weighted by Gasteiger charge is 2.31. The highest BCUT2D eigenvalue weighted by atomic mass is 35.5. The zero-order valence-electron chi connectivity index (χ0n) is 14.0. The van der Waals surface area contributed by atoms with Crippen molar-refractivity contribution in [3.05, 3.63) is 69.6 Å². The van der Waals surface area contributed by atoms with E-state index in [1.54, 1.807) is 29.2 Å². The molecule has 1 atom stereocenters. The lowest BCUT2D eigenvalue weighted by Crippen LogP contribution is -2.40. The first-order valence-electron chi connectivity index (χ1n) is 8.24. The van der Waals surface area contributed by atoms with Gasteiger partial charge < -0.3 is 4.90 Å². The number of carbonyl (C=O) groups excluding carboxylic acids is 1. The molecule has 1 aliphatic rings.